The first-order chi connectivity index (χ1) is 3.93. The van der Waals surface area contributed by atoms with Crippen molar-refractivity contribution in [2.75, 3.05) is 13.1 Å². The molecule has 0 aromatic rings. The Hall–Kier alpha value is -0.0400. The van der Waals surface area contributed by atoms with Crippen LogP contribution in [0.25, 0.3) is 0 Å². The van der Waals surface area contributed by atoms with Gasteiger partial charge in [0.25, 0.3) is 0 Å². The minimum atomic E-state index is 0.851. The number of hydrogen-bond acceptors (Lipinski definition) is 1. The van der Waals surface area contributed by atoms with Crippen molar-refractivity contribution in [2.45, 2.75) is 19.8 Å². The van der Waals surface area contributed by atoms with E-state index in [1.54, 1.807) is 0 Å². The van der Waals surface area contributed by atoms with Crippen molar-refractivity contribution in [3.63, 3.8) is 0 Å². The summed E-state index contributed by atoms with van der Waals surface area (Å²) in [5, 5.41) is 3.35. The largest absolute Gasteiger partial charge is 0.316 e. The Kier molecular flexibility index (Phi) is 2.34. The molecule has 1 N–H and O–H groups in total. The van der Waals surface area contributed by atoms with Gasteiger partial charge in [-0.05, 0) is 38.3 Å². The molecule has 47 valence electrons. The quantitative estimate of drug-likeness (QED) is 0.537. The monoisotopic (exact) mass is 112 g/mol. The molecular formula is C7H14N. The van der Waals surface area contributed by atoms with Crippen LogP contribution in [0.15, 0.2) is 0 Å². The average molecular weight is 112 g/mol. The fraction of sp³-hybridized carbons (Fsp3) is 0.857. The number of rotatable bonds is 1. The second-order valence-corrected chi connectivity index (χ2v) is 2.44. The molecule has 0 saturated carbocycles. The molecule has 1 heteroatoms. The molecule has 0 bridgehead atoms. The van der Waals surface area contributed by atoms with Gasteiger partial charge in [-0.2, -0.15) is 0 Å². The highest BCUT2D eigenvalue weighted by Gasteiger charge is 2.09. The standard InChI is InChI=1S/C7H14N/c1-2-7-4-3-5-8-6-7/h2,7-8H,3-6H2,1H3. The third-order valence-electron chi connectivity index (χ3n) is 1.81. The summed E-state index contributed by atoms with van der Waals surface area (Å²) < 4.78 is 0. The number of nitrogens with one attached hydrogen (secondary N) is 1. The SMILES string of the molecule is C[CH]C1CCCNC1. The molecule has 8 heavy (non-hydrogen) atoms. The minimum Gasteiger partial charge on any atom is -0.316 e. The Morgan fingerprint density at radius 1 is 1.62 bits per heavy atom. The van der Waals surface area contributed by atoms with E-state index < -0.39 is 0 Å². The van der Waals surface area contributed by atoms with Gasteiger partial charge in [-0.15, -0.1) is 0 Å². The number of piperidine rings is 1. The summed E-state index contributed by atoms with van der Waals surface area (Å²) in [6.07, 6.45) is 5.05. The third kappa shape index (κ3) is 1.48. The highest BCUT2D eigenvalue weighted by molar-refractivity contribution is 4.77. The van der Waals surface area contributed by atoms with Crippen LogP contribution in [0.4, 0.5) is 0 Å². The first-order valence-electron chi connectivity index (χ1n) is 3.43. The van der Waals surface area contributed by atoms with Crippen LogP contribution in [0, 0.1) is 12.3 Å². The Balaban J connectivity index is 2.13. The van der Waals surface area contributed by atoms with Gasteiger partial charge in [0.1, 0.15) is 0 Å². The van der Waals surface area contributed by atoms with Crippen LogP contribution in [0.3, 0.4) is 0 Å². The summed E-state index contributed by atoms with van der Waals surface area (Å²) in [5.74, 6) is 0.851. The molecule has 1 aliphatic heterocycles. The molecule has 0 aromatic heterocycles. The molecule has 0 aliphatic carbocycles. The van der Waals surface area contributed by atoms with E-state index in [0.29, 0.717) is 0 Å². The molecule has 1 nitrogen and oxygen atoms in total. The summed E-state index contributed by atoms with van der Waals surface area (Å²) >= 11 is 0. The van der Waals surface area contributed by atoms with Crippen LogP contribution in [-0.2, 0) is 0 Å². The van der Waals surface area contributed by atoms with E-state index >= 15 is 0 Å². The van der Waals surface area contributed by atoms with Crippen LogP contribution in [0.1, 0.15) is 19.8 Å². The van der Waals surface area contributed by atoms with E-state index in [1.165, 1.54) is 25.9 Å². The van der Waals surface area contributed by atoms with E-state index in [4.69, 9.17) is 0 Å². The summed E-state index contributed by atoms with van der Waals surface area (Å²) in [4.78, 5) is 0. The third-order valence-corrected chi connectivity index (χ3v) is 1.81. The van der Waals surface area contributed by atoms with Crippen molar-refractivity contribution in [3.8, 4) is 0 Å². The molecule has 0 spiro atoms. The molecule has 1 unspecified atom stereocenters. The molecule has 1 heterocycles. The molecule has 1 radical (unpaired) electrons. The highest BCUT2D eigenvalue weighted by Crippen LogP contribution is 2.11. The fourth-order valence-corrected chi connectivity index (χ4v) is 1.16. The Morgan fingerprint density at radius 3 is 2.88 bits per heavy atom. The fourth-order valence-electron chi connectivity index (χ4n) is 1.16. The van der Waals surface area contributed by atoms with Gasteiger partial charge in [0, 0.05) is 0 Å². The molecule has 1 fully saturated rings. The lowest BCUT2D eigenvalue weighted by Crippen LogP contribution is -2.29. The van der Waals surface area contributed by atoms with Crippen LogP contribution in [0.5, 0.6) is 0 Å². The van der Waals surface area contributed by atoms with Gasteiger partial charge in [-0.25, -0.2) is 0 Å². The molecular weight excluding hydrogens is 98.1 g/mol. The Bertz CT molecular complexity index is 55.4. The zero-order valence-electron chi connectivity index (χ0n) is 5.48. The van der Waals surface area contributed by atoms with Gasteiger partial charge in [0.2, 0.25) is 0 Å². The minimum absolute atomic E-state index is 0.851. The van der Waals surface area contributed by atoms with Crippen molar-refractivity contribution in [2.24, 2.45) is 5.92 Å². The van der Waals surface area contributed by atoms with Gasteiger partial charge in [-0.1, -0.05) is 6.92 Å². The number of hydrogen-bond donors (Lipinski definition) is 1. The maximum Gasteiger partial charge on any atom is -0.00179 e. The summed E-state index contributed by atoms with van der Waals surface area (Å²) in [6.45, 7) is 4.58. The maximum atomic E-state index is 3.35. The van der Waals surface area contributed by atoms with Gasteiger partial charge >= 0.3 is 0 Å². The Labute approximate surface area is 51.5 Å². The van der Waals surface area contributed by atoms with Gasteiger partial charge in [0.05, 0.1) is 0 Å². The summed E-state index contributed by atoms with van der Waals surface area (Å²) in [6, 6.07) is 0. The van der Waals surface area contributed by atoms with Gasteiger partial charge in [-0.3, -0.25) is 0 Å². The first kappa shape index (κ1) is 6.09. The van der Waals surface area contributed by atoms with E-state index in [-0.39, 0.29) is 0 Å². The predicted molar refractivity (Wildman–Crippen MR) is 35.6 cm³/mol. The molecule has 0 amide bonds. The molecule has 1 atom stereocenters. The van der Waals surface area contributed by atoms with Crippen molar-refractivity contribution >= 4 is 0 Å². The summed E-state index contributed by atoms with van der Waals surface area (Å²) in [7, 11) is 0. The predicted octanol–water partition coefficient (Wildman–Crippen LogP) is 1.21. The zero-order valence-corrected chi connectivity index (χ0v) is 5.48. The lowest BCUT2D eigenvalue weighted by atomic mass is 9.97. The lowest BCUT2D eigenvalue weighted by molar-refractivity contribution is 0.418. The highest BCUT2D eigenvalue weighted by atomic mass is 14.9. The average Bonchev–Trinajstić information content (AvgIpc) is 1.90. The van der Waals surface area contributed by atoms with E-state index in [2.05, 4.69) is 18.7 Å². The molecule has 1 rings (SSSR count). The zero-order chi connectivity index (χ0) is 5.82. The van der Waals surface area contributed by atoms with Crippen LogP contribution >= 0.6 is 0 Å². The van der Waals surface area contributed by atoms with Crippen LogP contribution < -0.4 is 5.32 Å². The molecule has 0 aromatic carbocycles. The summed E-state index contributed by atoms with van der Waals surface area (Å²) in [5.41, 5.74) is 0. The van der Waals surface area contributed by atoms with Gasteiger partial charge in [0.15, 0.2) is 0 Å². The topological polar surface area (TPSA) is 12.0 Å². The van der Waals surface area contributed by atoms with Crippen molar-refractivity contribution < 1.29 is 0 Å². The van der Waals surface area contributed by atoms with E-state index in [0.717, 1.165) is 5.92 Å². The normalized spacial score (nSPS) is 30.4. The smallest absolute Gasteiger partial charge is 0.00179 e. The molecule has 1 aliphatic rings. The van der Waals surface area contributed by atoms with Gasteiger partial charge < -0.3 is 5.32 Å². The van der Waals surface area contributed by atoms with E-state index in [9.17, 15) is 0 Å². The van der Waals surface area contributed by atoms with Crippen molar-refractivity contribution in [1.29, 1.82) is 0 Å². The lowest BCUT2D eigenvalue weighted by Gasteiger charge is -2.20. The second-order valence-electron chi connectivity index (χ2n) is 2.44. The van der Waals surface area contributed by atoms with Crippen molar-refractivity contribution in [3.05, 3.63) is 6.42 Å². The Morgan fingerprint density at radius 2 is 2.50 bits per heavy atom. The van der Waals surface area contributed by atoms with E-state index in [1.807, 2.05) is 0 Å². The first-order valence-corrected chi connectivity index (χ1v) is 3.43. The maximum absolute atomic E-state index is 3.35. The van der Waals surface area contributed by atoms with Crippen molar-refractivity contribution in [1.82, 2.24) is 5.32 Å². The second kappa shape index (κ2) is 3.08. The van der Waals surface area contributed by atoms with Crippen LogP contribution in [0.2, 0.25) is 0 Å². The van der Waals surface area contributed by atoms with Crippen LogP contribution in [-0.4, -0.2) is 13.1 Å². The molecule has 1 saturated heterocycles.